The van der Waals surface area contributed by atoms with Crippen molar-refractivity contribution in [3.8, 4) is 11.8 Å². The Kier molecular flexibility index (Phi) is 13.9. The Morgan fingerprint density at radius 3 is 2.50 bits per heavy atom. The number of ether oxygens (including phenoxy) is 3. The smallest absolute Gasteiger partial charge is 0.410 e. The maximum absolute atomic E-state index is 14.4. The number of carboxylic acid groups (broad SMARTS) is 1. The third-order valence-electron chi connectivity index (χ3n) is 11.9. The standard InChI is InChI=1S/C41H61N3O7S/c1-8-28(26(2)3)23-30(42-7)13-18-41(5,6)19-14-32-24-34(36(52-32)38(46)47)44(37(45)29-11-9-27(4)10-12-29)31-15-20-43(21-16-31)40(48)51-35-25-50-39-33(35)17-22-49-39/h24,27-31,33,35,39,42H,2,8-13,15-18,20-23,25H2,1,3-7H3,(H,46,47). The van der Waals surface area contributed by atoms with Crippen molar-refractivity contribution in [2.24, 2.45) is 29.1 Å². The predicted octanol–water partition coefficient (Wildman–Crippen LogP) is 7.71. The number of hydrogen-bond donors (Lipinski definition) is 2. The number of piperidine rings is 1. The molecule has 5 rings (SSSR count). The fourth-order valence-electron chi connectivity index (χ4n) is 8.30. The summed E-state index contributed by atoms with van der Waals surface area (Å²) in [7, 11) is 2.01. The van der Waals surface area contributed by atoms with E-state index in [1.54, 1.807) is 9.80 Å². The topological polar surface area (TPSA) is 118 Å². The summed E-state index contributed by atoms with van der Waals surface area (Å²) in [6.45, 7) is 16.8. The fraction of sp³-hybridized carbons (Fsp3) is 0.732. The van der Waals surface area contributed by atoms with Crippen LogP contribution in [0.5, 0.6) is 0 Å². The average Bonchev–Trinajstić information content (AvgIpc) is 3.86. The second kappa shape index (κ2) is 17.9. The molecule has 4 fully saturated rings. The van der Waals surface area contributed by atoms with Gasteiger partial charge in [0.25, 0.3) is 0 Å². The number of hydrogen-bond acceptors (Lipinski definition) is 8. The first-order chi connectivity index (χ1) is 24.8. The van der Waals surface area contributed by atoms with Crippen molar-refractivity contribution in [3.63, 3.8) is 0 Å². The van der Waals surface area contributed by atoms with Crippen LogP contribution in [0.2, 0.25) is 0 Å². The summed E-state index contributed by atoms with van der Waals surface area (Å²) in [5.74, 6) is 6.65. The second-order valence-electron chi connectivity index (χ2n) is 16.3. The van der Waals surface area contributed by atoms with E-state index in [-0.39, 0.29) is 52.6 Å². The van der Waals surface area contributed by atoms with Gasteiger partial charge in [0.15, 0.2) is 6.29 Å². The lowest BCUT2D eigenvalue weighted by atomic mass is 9.82. The van der Waals surface area contributed by atoms with Gasteiger partial charge in [0.05, 0.1) is 29.7 Å². The van der Waals surface area contributed by atoms with Crippen molar-refractivity contribution in [1.29, 1.82) is 0 Å². The highest BCUT2D eigenvalue weighted by Crippen LogP contribution is 2.39. The maximum atomic E-state index is 14.4. The molecule has 3 aliphatic heterocycles. The molecule has 52 heavy (non-hydrogen) atoms. The van der Waals surface area contributed by atoms with Crippen LogP contribution in [0.4, 0.5) is 10.5 Å². The number of anilines is 1. The van der Waals surface area contributed by atoms with E-state index in [1.807, 2.05) is 13.1 Å². The number of likely N-dealkylation sites (tertiary alicyclic amines) is 1. The Morgan fingerprint density at radius 2 is 1.87 bits per heavy atom. The van der Waals surface area contributed by atoms with Gasteiger partial charge in [-0.05, 0) is 116 Å². The van der Waals surface area contributed by atoms with Crippen LogP contribution in [0.25, 0.3) is 0 Å². The summed E-state index contributed by atoms with van der Waals surface area (Å²) in [5.41, 5.74) is 1.36. The van der Waals surface area contributed by atoms with Gasteiger partial charge in [0.2, 0.25) is 5.91 Å². The summed E-state index contributed by atoms with van der Waals surface area (Å²) in [6.07, 6.45) is 8.39. The number of allylic oxidation sites excluding steroid dienone is 1. The van der Waals surface area contributed by atoms with Crippen molar-refractivity contribution in [2.75, 3.05) is 38.3 Å². The van der Waals surface area contributed by atoms with Crippen LogP contribution in [0.1, 0.15) is 120 Å². The van der Waals surface area contributed by atoms with Gasteiger partial charge in [-0.25, -0.2) is 9.59 Å². The predicted molar refractivity (Wildman–Crippen MR) is 205 cm³/mol. The molecule has 3 saturated heterocycles. The van der Waals surface area contributed by atoms with E-state index in [0.717, 1.165) is 69.1 Å². The highest BCUT2D eigenvalue weighted by molar-refractivity contribution is 7.15. The zero-order valence-corrected chi connectivity index (χ0v) is 33.0. The highest BCUT2D eigenvalue weighted by Gasteiger charge is 2.45. The number of rotatable bonds is 13. The minimum absolute atomic E-state index is 0.0123. The first-order valence-electron chi connectivity index (χ1n) is 19.5. The number of carbonyl (C=O) groups is 3. The molecule has 1 aromatic heterocycles. The van der Waals surface area contributed by atoms with Crippen molar-refractivity contribution >= 4 is 35.0 Å². The van der Waals surface area contributed by atoms with E-state index in [2.05, 4.69) is 58.4 Å². The zero-order chi connectivity index (χ0) is 37.6. The average molecular weight is 740 g/mol. The first kappa shape index (κ1) is 40.3. The molecule has 10 nitrogen and oxygen atoms in total. The van der Waals surface area contributed by atoms with Gasteiger partial charge in [0, 0.05) is 36.5 Å². The van der Waals surface area contributed by atoms with Crippen LogP contribution in [-0.2, 0) is 19.0 Å². The van der Waals surface area contributed by atoms with Crippen molar-refractivity contribution in [3.05, 3.63) is 28.0 Å². The Morgan fingerprint density at radius 1 is 1.15 bits per heavy atom. The van der Waals surface area contributed by atoms with E-state index in [0.29, 0.717) is 67.6 Å². The molecule has 1 saturated carbocycles. The SMILES string of the molecule is C=C(C)C(CC)CC(CCC(C)(C)C#Cc1cc(N(C(=O)C2CCC(C)CC2)C2CCN(C(=O)OC3COC4OCCC34)CC2)c(C(=O)O)s1)NC. The first-order valence-corrected chi connectivity index (χ1v) is 20.4. The largest absolute Gasteiger partial charge is 0.477 e. The molecule has 0 radical (unpaired) electrons. The molecular weight excluding hydrogens is 679 g/mol. The van der Waals surface area contributed by atoms with E-state index >= 15 is 0 Å². The molecule has 5 unspecified atom stereocenters. The van der Waals surface area contributed by atoms with Gasteiger partial charge in [-0.2, -0.15) is 0 Å². The molecule has 0 aromatic carbocycles. The Hall–Kier alpha value is -2.91. The number of carbonyl (C=O) groups excluding carboxylic acids is 2. The number of thiophene rings is 1. The van der Waals surface area contributed by atoms with Crippen LogP contribution in [0.3, 0.4) is 0 Å². The molecule has 1 aliphatic carbocycles. The minimum Gasteiger partial charge on any atom is -0.477 e. The Labute approximate surface area is 315 Å². The van der Waals surface area contributed by atoms with Crippen LogP contribution >= 0.6 is 11.3 Å². The van der Waals surface area contributed by atoms with E-state index in [4.69, 9.17) is 14.2 Å². The van der Waals surface area contributed by atoms with Crippen LogP contribution in [0, 0.1) is 40.9 Å². The molecule has 1 aromatic rings. The molecule has 4 aliphatic rings. The summed E-state index contributed by atoms with van der Waals surface area (Å²) in [5, 5.41) is 13.9. The molecule has 5 atom stereocenters. The zero-order valence-electron chi connectivity index (χ0n) is 32.2. The third kappa shape index (κ3) is 9.99. The van der Waals surface area contributed by atoms with Crippen molar-refractivity contribution < 1.29 is 33.7 Å². The summed E-state index contributed by atoms with van der Waals surface area (Å²) in [4.78, 5) is 44.6. The van der Waals surface area contributed by atoms with Gasteiger partial charge >= 0.3 is 12.1 Å². The monoisotopic (exact) mass is 739 g/mol. The number of nitrogens with one attached hydrogen (secondary N) is 1. The molecule has 0 bridgehead atoms. The molecule has 2 N–H and O–H groups in total. The summed E-state index contributed by atoms with van der Waals surface area (Å²) in [6, 6.07) is 1.93. The number of fused-ring (bicyclic) bond motifs is 1. The lowest BCUT2D eigenvalue weighted by Crippen LogP contribution is -2.51. The van der Waals surface area contributed by atoms with E-state index in [1.165, 1.54) is 5.57 Å². The van der Waals surface area contributed by atoms with Crippen LogP contribution in [0.15, 0.2) is 18.2 Å². The van der Waals surface area contributed by atoms with E-state index in [9.17, 15) is 19.5 Å². The van der Waals surface area contributed by atoms with Gasteiger partial charge in [-0.15, -0.1) is 11.3 Å². The van der Waals surface area contributed by atoms with E-state index < -0.39 is 5.97 Å². The minimum atomic E-state index is -1.06. The Balaban J connectivity index is 1.31. The molecule has 4 heterocycles. The molecule has 0 spiro atoms. The molecular formula is C41H61N3O7S. The third-order valence-corrected chi connectivity index (χ3v) is 12.9. The lowest BCUT2D eigenvalue weighted by Gasteiger charge is -2.40. The number of aromatic carboxylic acids is 1. The lowest BCUT2D eigenvalue weighted by molar-refractivity contribution is -0.124. The summed E-state index contributed by atoms with van der Waals surface area (Å²) < 4.78 is 17.1. The number of carboxylic acids is 1. The molecule has 11 heteroatoms. The van der Waals surface area contributed by atoms with Crippen molar-refractivity contribution in [1.82, 2.24) is 10.2 Å². The number of nitrogens with zero attached hydrogens (tertiary/aromatic N) is 2. The maximum Gasteiger partial charge on any atom is 0.410 e. The fourth-order valence-corrected chi connectivity index (χ4v) is 9.14. The van der Waals surface area contributed by atoms with Crippen molar-refractivity contribution in [2.45, 2.75) is 130 Å². The van der Waals surface area contributed by atoms with Gasteiger partial charge < -0.3 is 34.4 Å². The second-order valence-corrected chi connectivity index (χ2v) is 17.4. The molecule has 288 valence electrons. The van der Waals surface area contributed by atoms with Crippen LogP contribution < -0.4 is 10.2 Å². The normalized spacial score (nSPS) is 26.2. The number of amides is 2. The summed E-state index contributed by atoms with van der Waals surface area (Å²) >= 11 is 1.14. The van der Waals surface area contributed by atoms with Gasteiger partial charge in [-0.3, -0.25) is 4.79 Å². The molecule has 2 amide bonds. The van der Waals surface area contributed by atoms with Gasteiger partial charge in [0.1, 0.15) is 11.0 Å². The van der Waals surface area contributed by atoms with Gasteiger partial charge in [-0.1, -0.05) is 37.8 Å². The van der Waals surface area contributed by atoms with Crippen LogP contribution in [-0.4, -0.2) is 85.8 Å². The highest BCUT2D eigenvalue weighted by atomic mass is 32.1. The quantitative estimate of drug-likeness (QED) is 0.156. The Bertz CT molecular complexity index is 1480.